The van der Waals surface area contributed by atoms with Gasteiger partial charge in [-0.15, -0.1) is 13.2 Å². The molecule has 0 atom stereocenters. The molecule has 0 radical (unpaired) electrons. The highest BCUT2D eigenvalue weighted by molar-refractivity contribution is 5.96. The lowest BCUT2D eigenvalue weighted by Crippen LogP contribution is -2.16. The summed E-state index contributed by atoms with van der Waals surface area (Å²) in [6.07, 6.45) is -2.31. The van der Waals surface area contributed by atoms with E-state index < -0.39 is 29.3 Å². The molecule has 8 heteroatoms. The number of hydrogen-bond donors (Lipinski definition) is 0. The molecule has 0 bridgehead atoms. The van der Waals surface area contributed by atoms with Crippen molar-refractivity contribution in [1.29, 1.82) is 0 Å². The molecule has 0 aliphatic heterocycles. The Bertz CT molecular complexity index is 995. The first kappa shape index (κ1) is 21.4. The predicted octanol–water partition coefficient (Wildman–Crippen LogP) is 6.13. The Balaban J connectivity index is 1.56. The number of pyridine rings is 1. The van der Waals surface area contributed by atoms with Gasteiger partial charge in [0.15, 0.2) is 5.78 Å². The van der Waals surface area contributed by atoms with Crippen molar-refractivity contribution in [3.05, 3.63) is 83.6 Å². The van der Waals surface area contributed by atoms with Gasteiger partial charge < -0.3 is 4.74 Å². The highest BCUT2D eigenvalue weighted by Gasteiger charge is 2.31. The number of rotatable bonds is 7. The monoisotopic (exact) mass is 421 g/mol. The summed E-state index contributed by atoms with van der Waals surface area (Å²) in [5.41, 5.74) is 1.46. The van der Waals surface area contributed by atoms with Crippen molar-refractivity contribution < 1.29 is 31.5 Å². The molecule has 0 spiro atoms. The Kier molecular flexibility index (Phi) is 6.44. The highest BCUT2D eigenvalue weighted by atomic mass is 19.4. The van der Waals surface area contributed by atoms with Crippen LogP contribution >= 0.6 is 0 Å². The third-order valence-corrected chi connectivity index (χ3v) is 4.32. The molecule has 0 saturated carbocycles. The zero-order valence-corrected chi connectivity index (χ0v) is 15.5. The van der Waals surface area contributed by atoms with Crippen molar-refractivity contribution in [3.8, 4) is 17.0 Å². The highest BCUT2D eigenvalue weighted by Crippen LogP contribution is 2.26. The van der Waals surface area contributed by atoms with Gasteiger partial charge in [0.2, 0.25) is 0 Å². The summed E-state index contributed by atoms with van der Waals surface area (Å²) in [6, 6.07) is 12.1. The first-order valence-corrected chi connectivity index (χ1v) is 9.01. The Morgan fingerprint density at radius 3 is 2.17 bits per heavy atom. The molecule has 0 N–H and O–H groups in total. The van der Waals surface area contributed by atoms with Crippen LogP contribution in [0.15, 0.2) is 60.8 Å². The van der Waals surface area contributed by atoms with Gasteiger partial charge in [-0.05, 0) is 60.9 Å². The van der Waals surface area contributed by atoms with Crippen LogP contribution in [-0.2, 0) is 6.42 Å². The van der Waals surface area contributed by atoms with E-state index >= 15 is 0 Å². The molecule has 0 fully saturated rings. The zero-order valence-electron chi connectivity index (χ0n) is 15.5. The van der Waals surface area contributed by atoms with Gasteiger partial charge in [-0.1, -0.05) is 12.1 Å². The average molecular weight is 421 g/mol. The van der Waals surface area contributed by atoms with Gasteiger partial charge in [-0.25, -0.2) is 8.78 Å². The van der Waals surface area contributed by atoms with E-state index in [4.69, 9.17) is 0 Å². The average Bonchev–Trinajstić information content (AvgIpc) is 2.68. The van der Waals surface area contributed by atoms with E-state index in [1.54, 1.807) is 18.3 Å². The standard InChI is InChI=1S/C22H16F5NO2/c23-17-4-2-5-18(24)21(17)20(29)6-1-3-14-7-12-19(28-13-14)15-8-10-16(11-9-15)30-22(25,26)27/h2,4-5,7-13H,1,3,6H2. The quantitative estimate of drug-likeness (QED) is 0.340. The second kappa shape index (κ2) is 9.02. The number of ether oxygens (including phenoxy) is 1. The van der Waals surface area contributed by atoms with Crippen molar-refractivity contribution in [2.45, 2.75) is 25.6 Å². The molecule has 3 aromatic rings. The van der Waals surface area contributed by atoms with Gasteiger partial charge in [-0.2, -0.15) is 0 Å². The Labute approximate surface area is 169 Å². The van der Waals surface area contributed by atoms with Crippen molar-refractivity contribution in [1.82, 2.24) is 4.98 Å². The number of carbonyl (C=O) groups excluding carboxylic acids is 1. The molecular formula is C22H16F5NO2. The summed E-state index contributed by atoms with van der Waals surface area (Å²) in [5.74, 6) is -2.68. The zero-order chi connectivity index (χ0) is 21.7. The van der Waals surface area contributed by atoms with Crippen LogP contribution in [0.25, 0.3) is 11.3 Å². The molecule has 0 unspecified atom stereocenters. The normalized spacial score (nSPS) is 11.4. The van der Waals surface area contributed by atoms with Crippen LogP contribution < -0.4 is 4.74 Å². The predicted molar refractivity (Wildman–Crippen MR) is 100.0 cm³/mol. The minimum Gasteiger partial charge on any atom is -0.406 e. The topological polar surface area (TPSA) is 39.2 Å². The van der Waals surface area contributed by atoms with Crippen LogP contribution in [0.5, 0.6) is 5.75 Å². The Morgan fingerprint density at radius 2 is 1.60 bits per heavy atom. The molecule has 1 heterocycles. The van der Waals surface area contributed by atoms with E-state index in [1.165, 1.54) is 30.3 Å². The van der Waals surface area contributed by atoms with Gasteiger partial charge in [0.1, 0.15) is 17.4 Å². The fourth-order valence-corrected chi connectivity index (χ4v) is 2.91. The van der Waals surface area contributed by atoms with Crippen LogP contribution in [0, 0.1) is 11.6 Å². The van der Waals surface area contributed by atoms with E-state index in [0.29, 0.717) is 24.1 Å². The van der Waals surface area contributed by atoms with Crippen LogP contribution in [0.3, 0.4) is 0 Å². The first-order chi connectivity index (χ1) is 14.2. The second-order valence-electron chi connectivity index (χ2n) is 6.50. The minimum absolute atomic E-state index is 0.0136. The molecule has 2 aromatic carbocycles. The lowest BCUT2D eigenvalue weighted by atomic mass is 10.0. The molecule has 30 heavy (non-hydrogen) atoms. The van der Waals surface area contributed by atoms with Gasteiger partial charge in [-0.3, -0.25) is 9.78 Å². The number of nitrogens with zero attached hydrogens (tertiary/aromatic N) is 1. The maximum absolute atomic E-state index is 13.6. The van der Waals surface area contributed by atoms with Crippen LogP contribution in [-0.4, -0.2) is 17.1 Å². The molecular weight excluding hydrogens is 405 g/mol. The number of Topliss-reactive ketones (excluding diaryl/α,β-unsaturated/α-hetero) is 1. The number of benzene rings is 2. The van der Waals surface area contributed by atoms with E-state index in [0.717, 1.165) is 17.7 Å². The van der Waals surface area contributed by atoms with Crippen LogP contribution in [0.1, 0.15) is 28.8 Å². The Hall–Kier alpha value is -3.29. The molecule has 0 aliphatic rings. The number of carbonyl (C=O) groups is 1. The van der Waals surface area contributed by atoms with E-state index in [1.807, 2.05) is 0 Å². The molecule has 0 saturated heterocycles. The lowest BCUT2D eigenvalue weighted by Gasteiger charge is -2.09. The fraction of sp³-hybridized carbons (Fsp3) is 0.182. The number of hydrogen-bond acceptors (Lipinski definition) is 3. The molecule has 156 valence electrons. The smallest absolute Gasteiger partial charge is 0.406 e. The van der Waals surface area contributed by atoms with Crippen LogP contribution in [0.4, 0.5) is 22.0 Å². The summed E-state index contributed by atoms with van der Waals surface area (Å²) in [4.78, 5) is 16.3. The molecule has 0 amide bonds. The van der Waals surface area contributed by atoms with E-state index in [-0.39, 0.29) is 12.2 Å². The van der Waals surface area contributed by atoms with E-state index in [9.17, 15) is 26.7 Å². The maximum atomic E-state index is 13.6. The summed E-state index contributed by atoms with van der Waals surface area (Å²) < 4.78 is 67.7. The van der Waals surface area contributed by atoms with Crippen molar-refractivity contribution >= 4 is 5.78 Å². The van der Waals surface area contributed by atoms with Gasteiger partial charge in [0, 0.05) is 18.2 Å². The number of ketones is 1. The molecule has 3 nitrogen and oxygen atoms in total. The number of halogens is 5. The Morgan fingerprint density at radius 1 is 0.933 bits per heavy atom. The van der Waals surface area contributed by atoms with Crippen molar-refractivity contribution in [2.24, 2.45) is 0 Å². The fourth-order valence-electron chi connectivity index (χ4n) is 2.91. The molecule has 1 aromatic heterocycles. The number of aromatic nitrogens is 1. The summed E-state index contributed by atoms with van der Waals surface area (Å²) in [5, 5.41) is 0. The van der Waals surface area contributed by atoms with Gasteiger partial charge in [0.05, 0.1) is 11.3 Å². The third-order valence-electron chi connectivity index (χ3n) is 4.32. The second-order valence-corrected chi connectivity index (χ2v) is 6.50. The molecule has 3 rings (SSSR count). The number of aryl methyl sites for hydroxylation is 1. The lowest BCUT2D eigenvalue weighted by molar-refractivity contribution is -0.274. The molecule has 0 aliphatic carbocycles. The summed E-state index contributed by atoms with van der Waals surface area (Å²) >= 11 is 0. The minimum atomic E-state index is -4.75. The third kappa shape index (κ3) is 5.62. The SMILES string of the molecule is O=C(CCCc1ccc(-c2ccc(OC(F)(F)F)cc2)nc1)c1c(F)cccc1F. The first-order valence-electron chi connectivity index (χ1n) is 9.01. The largest absolute Gasteiger partial charge is 0.573 e. The summed E-state index contributed by atoms with van der Waals surface area (Å²) in [6.45, 7) is 0. The number of alkyl halides is 3. The summed E-state index contributed by atoms with van der Waals surface area (Å²) in [7, 11) is 0. The van der Waals surface area contributed by atoms with Crippen molar-refractivity contribution in [3.63, 3.8) is 0 Å². The van der Waals surface area contributed by atoms with E-state index in [2.05, 4.69) is 9.72 Å². The van der Waals surface area contributed by atoms with Gasteiger partial charge in [0.25, 0.3) is 0 Å². The van der Waals surface area contributed by atoms with Gasteiger partial charge >= 0.3 is 6.36 Å². The van der Waals surface area contributed by atoms with Crippen molar-refractivity contribution in [2.75, 3.05) is 0 Å². The van der Waals surface area contributed by atoms with Crippen LogP contribution in [0.2, 0.25) is 0 Å². The maximum Gasteiger partial charge on any atom is 0.573 e.